The molecule has 0 aliphatic carbocycles. The van der Waals surface area contributed by atoms with E-state index in [9.17, 15) is 0 Å². The molecule has 22 rings (SSSR count). The second-order valence-corrected chi connectivity index (χ2v) is 43.3. The predicted octanol–water partition coefficient (Wildman–Crippen LogP) is 32.2. The van der Waals surface area contributed by atoms with Crippen molar-refractivity contribution in [2.75, 3.05) is 0 Å². The Labute approximate surface area is 800 Å². The van der Waals surface area contributed by atoms with Crippen molar-refractivity contribution in [3.63, 3.8) is 0 Å². The number of fused-ring (bicyclic) bond motifs is 4. The van der Waals surface area contributed by atoms with Crippen LogP contribution in [0.5, 0.6) is 34.5 Å². The second-order valence-electron chi connectivity index (χ2n) is 33.8. The standard InChI is InChI=1S/C52H48N4O2P2.C32H32N4O2P2.C28H24N4O2P2/c1-33-25-27-49(57-59(53-29-35(3)41-17-9-13-21-45(41)53)54-30-36(4)42-18-10-14-22-46(42)54)51(39(33)7)52-40(8)34(2)26-28-50(52)58-60(55-31-37(5)43-19-11-15-23-47(43)55)56-32-38(6)44-20-12-16-24-48(44)56;1-25-13-15-29(37-39(33-17-5-6-18-33)34-19-7-8-20-34)31(27(25)3)32-28(4)26(2)14-16-30(32)38-40(35-21-9-10-22-35)36-23-11-12-24-36;1-3-15-27(33-35(29-17-5-6-18-29)30-19-7-8-20-30)25(13-1)26-14-2-4-16-28(26)34-36(31-21-9-10-22-31)32-23-11-12-24-32/h9-32H,1-8H3;5-24H,1-4H3;1-24H. The monoisotopic (exact) mass is 1900 g/mol. The van der Waals surface area contributed by atoms with Crippen LogP contribution in [-0.2, 0) is 0 Å². The van der Waals surface area contributed by atoms with Gasteiger partial charge in [-0.05, 0) is 308 Å². The first kappa shape index (κ1) is 89.8. The van der Waals surface area contributed by atoms with Crippen molar-refractivity contribution in [3.8, 4) is 67.9 Å². The fraction of sp³-hybridized carbons (Fsp3) is 0.107. The summed E-state index contributed by atoms with van der Waals surface area (Å²) in [6, 6.07) is 101. The molecule has 136 heavy (non-hydrogen) atoms. The van der Waals surface area contributed by atoms with E-state index < -0.39 is 50.7 Å². The summed E-state index contributed by atoms with van der Waals surface area (Å²) in [5.41, 5.74) is 25.1. The van der Waals surface area contributed by atoms with Crippen LogP contribution >= 0.6 is 50.7 Å². The molecular formula is C112H104N12O6P6. The van der Waals surface area contributed by atoms with Crippen LogP contribution in [0.3, 0.4) is 0 Å². The highest BCUT2D eigenvalue weighted by molar-refractivity contribution is 7.51. The van der Waals surface area contributed by atoms with Crippen LogP contribution in [0.25, 0.3) is 77.0 Å². The molecule has 0 radical (unpaired) electrons. The average Bonchev–Trinajstić information content (AvgIpc) is 1.59. The Balaban J connectivity index is 0.000000132. The molecule has 10 aromatic carbocycles. The molecule has 22 aromatic rings. The van der Waals surface area contributed by atoms with E-state index in [4.69, 9.17) is 27.1 Å². The van der Waals surface area contributed by atoms with Gasteiger partial charge in [0.25, 0.3) is 0 Å². The molecule has 0 unspecified atom stereocenters. The minimum absolute atomic E-state index is 0.799. The number of para-hydroxylation sites is 6. The van der Waals surface area contributed by atoms with Gasteiger partial charge in [0, 0.05) is 179 Å². The van der Waals surface area contributed by atoms with Crippen molar-refractivity contribution in [2.45, 2.75) is 83.1 Å². The lowest BCUT2D eigenvalue weighted by atomic mass is 9.90. The van der Waals surface area contributed by atoms with E-state index in [1.807, 2.05) is 183 Å². The number of benzene rings is 10. The minimum atomic E-state index is -1.48. The lowest BCUT2D eigenvalue weighted by Crippen LogP contribution is -2.09. The number of aromatic nitrogens is 12. The van der Waals surface area contributed by atoms with Crippen LogP contribution in [0.1, 0.15) is 66.8 Å². The van der Waals surface area contributed by atoms with Gasteiger partial charge >= 0.3 is 50.7 Å². The van der Waals surface area contributed by atoms with Crippen LogP contribution < -0.4 is 27.1 Å². The fourth-order valence-electron chi connectivity index (χ4n) is 17.4. The smallest absolute Gasteiger partial charge is 0.318 e. The topological polar surface area (TPSA) is 115 Å². The third-order valence-corrected chi connectivity index (χ3v) is 35.3. The Kier molecular flexibility index (Phi) is 26.1. The van der Waals surface area contributed by atoms with Crippen molar-refractivity contribution >= 4 is 94.3 Å². The van der Waals surface area contributed by atoms with Gasteiger partial charge in [0.1, 0.15) is 34.5 Å². The first-order valence-corrected chi connectivity index (χ1v) is 52.3. The van der Waals surface area contributed by atoms with Crippen molar-refractivity contribution in [1.29, 1.82) is 0 Å². The van der Waals surface area contributed by atoms with E-state index in [1.54, 1.807) is 0 Å². The number of hydrogen-bond acceptors (Lipinski definition) is 6. The van der Waals surface area contributed by atoms with Gasteiger partial charge in [0.15, 0.2) is 0 Å². The maximum absolute atomic E-state index is 7.63. The number of hydrogen-bond donors (Lipinski definition) is 0. The molecule has 0 atom stereocenters. The molecule has 12 heterocycles. The van der Waals surface area contributed by atoms with Crippen molar-refractivity contribution in [3.05, 3.63) is 482 Å². The summed E-state index contributed by atoms with van der Waals surface area (Å²) in [7, 11) is -7.66. The zero-order valence-electron chi connectivity index (χ0n) is 77.8. The Morgan fingerprint density at radius 2 is 0.338 bits per heavy atom. The van der Waals surface area contributed by atoms with Crippen LogP contribution in [0.4, 0.5) is 0 Å². The molecule has 0 spiro atoms. The summed E-state index contributed by atoms with van der Waals surface area (Å²) >= 11 is 0. The molecule has 12 aromatic heterocycles. The molecule has 0 bridgehead atoms. The van der Waals surface area contributed by atoms with E-state index in [0.29, 0.717) is 0 Å². The van der Waals surface area contributed by atoms with Crippen molar-refractivity contribution in [1.82, 2.24) is 52.1 Å². The van der Waals surface area contributed by atoms with E-state index >= 15 is 0 Å². The third-order valence-electron chi connectivity index (χ3n) is 25.0. The Morgan fingerprint density at radius 3 is 0.551 bits per heavy atom. The summed E-state index contributed by atoms with van der Waals surface area (Å²) < 4.78 is 68.9. The predicted molar refractivity (Wildman–Crippen MR) is 566 cm³/mol. The lowest BCUT2D eigenvalue weighted by Gasteiger charge is -2.28. The molecular weight excluding hydrogens is 1800 g/mol. The van der Waals surface area contributed by atoms with E-state index in [2.05, 4.69) is 367 Å². The van der Waals surface area contributed by atoms with Crippen LogP contribution in [0.15, 0.2) is 415 Å². The Morgan fingerprint density at radius 1 is 0.162 bits per heavy atom. The SMILES string of the molecule is Cc1ccc(OP(n2cc(C)c3ccccc32)n2cc(C)c3ccccc32)c(-c2c(OP(n3cc(C)c4ccccc43)n3cc(C)c4ccccc43)ccc(C)c2C)c1C.Cc1ccc(OP(n2cccc2)n2cccc2)c(-c2c(OP(n3cccc3)n3cccc3)ccc(C)c2C)c1C.c1ccc(-c2ccccc2OP(n2cccc2)n2cccc2)c(OP(n2cccc2)n2cccc2)c1. The molecule has 0 N–H and O–H groups in total. The zero-order valence-corrected chi connectivity index (χ0v) is 83.1. The summed E-state index contributed by atoms with van der Waals surface area (Å²) in [5, 5.41) is 4.89. The molecule has 0 saturated heterocycles. The third kappa shape index (κ3) is 17.9. The minimum Gasteiger partial charge on any atom is -0.435 e. The van der Waals surface area contributed by atoms with Gasteiger partial charge < -0.3 is 27.1 Å². The van der Waals surface area contributed by atoms with Crippen LogP contribution in [0.2, 0.25) is 0 Å². The molecule has 0 aliphatic rings. The first-order chi connectivity index (χ1) is 66.5. The molecule has 18 nitrogen and oxygen atoms in total. The average molecular weight is 1900 g/mol. The summed E-state index contributed by atoms with van der Waals surface area (Å²) in [6.45, 7) is 26.3. The highest BCUT2D eigenvalue weighted by Gasteiger charge is 2.33. The van der Waals surface area contributed by atoms with E-state index in [0.717, 1.165) is 101 Å². The first-order valence-electron chi connectivity index (χ1n) is 45.3. The highest BCUT2D eigenvalue weighted by atomic mass is 31.2. The van der Waals surface area contributed by atoms with Gasteiger partial charge in [-0.25, -0.2) is 0 Å². The number of aryl methyl sites for hydroxylation is 8. The van der Waals surface area contributed by atoms with Gasteiger partial charge in [-0.15, -0.1) is 0 Å². The van der Waals surface area contributed by atoms with Gasteiger partial charge in [0.05, 0.1) is 22.1 Å². The quantitative estimate of drug-likeness (QED) is 0.0474. The van der Waals surface area contributed by atoms with Crippen LogP contribution in [-0.4, -0.2) is 52.1 Å². The highest BCUT2D eigenvalue weighted by Crippen LogP contribution is 2.58. The maximum Gasteiger partial charge on any atom is 0.318 e. The molecule has 678 valence electrons. The molecule has 0 fully saturated rings. The zero-order chi connectivity index (χ0) is 93.2. The van der Waals surface area contributed by atoms with E-state index in [1.165, 1.54) is 77.2 Å². The van der Waals surface area contributed by atoms with E-state index in [-0.39, 0.29) is 0 Å². The largest absolute Gasteiger partial charge is 0.435 e. The van der Waals surface area contributed by atoms with Gasteiger partial charge in [-0.3, -0.25) is 52.1 Å². The Hall–Kier alpha value is -14.0. The van der Waals surface area contributed by atoms with Crippen molar-refractivity contribution < 1.29 is 27.1 Å². The lowest BCUT2D eigenvalue weighted by molar-refractivity contribution is 0.585. The molecule has 0 amide bonds. The summed E-state index contributed by atoms with van der Waals surface area (Å²) in [5.74, 6) is 4.91. The van der Waals surface area contributed by atoms with Gasteiger partial charge in [0.2, 0.25) is 0 Å². The van der Waals surface area contributed by atoms with Gasteiger partial charge in [-0.2, -0.15) is 0 Å². The summed E-state index contributed by atoms with van der Waals surface area (Å²) in [6.07, 6.45) is 41.8. The molecule has 0 aliphatic heterocycles. The van der Waals surface area contributed by atoms with Crippen molar-refractivity contribution in [2.24, 2.45) is 0 Å². The molecule has 0 saturated carbocycles. The second kappa shape index (κ2) is 39.5. The number of rotatable bonds is 27. The van der Waals surface area contributed by atoms with Crippen LogP contribution in [0, 0.1) is 83.1 Å². The van der Waals surface area contributed by atoms with Gasteiger partial charge in [-0.1, -0.05) is 133 Å². The normalized spacial score (nSPS) is 11.6. The molecule has 24 heteroatoms. The Bertz CT molecular complexity index is 7130. The fourth-order valence-corrected chi connectivity index (χ4v) is 27.5. The summed E-state index contributed by atoms with van der Waals surface area (Å²) in [4.78, 5) is 0. The number of nitrogens with zero attached hydrogens (tertiary/aromatic N) is 12. The maximum atomic E-state index is 7.63.